The van der Waals surface area contributed by atoms with Gasteiger partial charge in [0.25, 0.3) is 5.91 Å². The molecule has 108 valence electrons. The van der Waals surface area contributed by atoms with Crippen LogP contribution in [0.15, 0.2) is 47.4 Å². The number of nitrogens with one attached hydrogen (secondary N) is 1. The zero-order valence-electron chi connectivity index (χ0n) is 11.7. The molecule has 2 aromatic rings. The molecule has 2 aromatic carbocycles. The van der Waals surface area contributed by atoms with E-state index in [0.29, 0.717) is 11.3 Å². The Morgan fingerprint density at radius 3 is 2.48 bits per heavy atom. The molecule has 0 saturated heterocycles. The van der Waals surface area contributed by atoms with Gasteiger partial charge in [-0.3, -0.25) is 4.79 Å². The first kappa shape index (κ1) is 15.1. The van der Waals surface area contributed by atoms with Gasteiger partial charge in [0.05, 0.1) is 11.3 Å². The predicted molar refractivity (Wildman–Crippen MR) is 84.3 cm³/mol. The number of aromatic carboxylic acids is 1. The quantitative estimate of drug-likeness (QED) is 0.846. The van der Waals surface area contributed by atoms with Crippen LogP contribution in [-0.2, 0) is 0 Å². The highest BCUT2D eigenvalue weighted by Gasteiger charge is 2.14. The van der Waals surface area contributed by atoms with Crippen LogP contribution < -0.4 is 5.32 Å². The van der Waals surface area contributed by atoms with Crippen molar-refractivity contribution in [2.24, 2.45) is 0 Å². The van der Waals surface area contributed by atoms with Crippen LogP contribution in [0.4, 0.5) is 5.69 Å². The molecule has 0 aliphatic rings. The second-order valence-electron chi connectivity index (χ2n) is 4.49. The minimum absolute atomic E-state index is 0.0736. The number of benzene rings is 2. The van der Waals surface area contributed by atoms with Crippen LogP contribution in [0.2, 0.25) is 0 Å². The minimum Gasteiger partial charge on any atom is -0.478 e. The van der Waals surface area contributed by atoms with E-state index >= 15 is 0 Å². The van der Waals surface area contributed by atoms with Gasteiger partial charge in [-0.05, 0) is 43.0 Å². The van der Waals surface area contributed by atoms with Crippen LogP contribution in [0.1, 0.15) is 26.3 Å². The van der Waals surface area contributed by atoms with Crippen LogP contribution in [-0.4, -0.2) is 23.2 Å². The van der Waals surface area contributed by atoms with Gasteiger partial charge in [-0.25, -0.2) is 4.79 Å². The summed E-state index contributed by atoms with van der Waals surface area (Å²) in [6.07, 6.45) is 1.94. The highest BCUT2D eigenvalue weighted by molar-refractivity contribution is 7.98. The Morgan fingerprint density at radius 1 is 1.10 bits per heavy atom. The average Bonchev–Trinajstić information content (AvgIpc) is 2.48. The molecule has 2 N–H and O–H groups in total. The van der Waals surface area contributed by atoms with Crippen molar-refractivity contribution in [3.8, 4) is 0 Å². The number of carboxylic acids is 1. The number of para-hydroxylation sites is 1. The molecule has 0 heterocycles. The zero-order chi connectivity index (χ0) is 15.4. The van der Waals surface area contributed by atoms with Gasteiger partial charge in [0.15, 0.2) is 0 Å². The number of carboxylic acid groups (broad SMARTS) is 1. The van der Waals surface area contributed by atoms with E-state index < -0.39 is 5.97 Å². The lowest BCUT2D eigenvalue weighted by Gasteiger charge is -2.11. The van der Waals surface area contributed by atoms with Gasteiger partial charge in [0.2, 0.25) is 0 Å². The predicted octanol–water partition coefficient (Wildman–Crippen LogP) is 3.67. The largest absolute Gasteiger partial charge is 0.478 e. The van der Waals surface area contributed by atoms with Crippen molar-refractivity contribution in [2.45, 2.75) is 11.8 Å². The summed E-state index contributed by atoms with van der Waals surface area (Å²) in [5.74, 6) is -1.38. The molecule has 0 bridgehead atoms. The van der Waals surface area contributed by atoms with Gasteiger partial charge < -0.3 is 10.4 Å². The van der Waals surface area contributed by atoms with E-state index in [0.717, 1.165) is 10.5 Å². The van der Waals surface area contributed by atoms with E-state index in [1.807, 2.05) is 25.3 Å². The molecule has 1 amide bonds. The third-order valence-electron chi connectivity index (χ3n) is 3.10. The van der Waals surface area contributed by atoms with Gasteiger partial charge in [0.1, 0.15) is 0 Å². The fourth-order valence-corrected chi connectivity index (χ4v) is 2.38. The Balaban J connectivity index is 2.33. The number of amides is 1. The SMILES string of the molecule is CSc1ccc(C)c(C(=O)Nc2ccccc2C(=O)O)c1. The Kier molecular flexibility index (Phi) is 4.65. The van der Waals surface area contributed by atoms with Crippen LogP contribution >= 0.6 is 11.8 Å². The first-order valence-electron chi connectivity index (χ1n) is 6.31. The van der Waals surface area contributed by atoms with Crippen molar-refractivity contribution in [1.29, 1.82) is 0 Å². The first-order valence-corrected chi connectivity index (χ1v) is 7.53. The molecule has 21 heavy (non-hydrogen) atoms. The molecule has 0 aliphatic carbocycles. The number of thioether (sulfide) groups is 1. The Bertz CT molecular complexity index is 698. The number of anilines is 1. The molecule has 2 rings (SSSR count). The number of aryl methyl sites for hydroxylation is 1. The lowest BCUT2D eigenvalue weighted by molar-refractivity contribution is 0.0698. The van der Waals surface area contributed by atoms with Crippen molar-refractivity contribution in [1.82, 2.24) is 0 Å². The smallest absolute Gasteiger partial charge is 0.337 e. The summed E-state index contributed by atoms with van der Waals surface area (Å²) in [5.41, 5.74) is 1.76. The fourth-order valence-electron chi connectivity index (χ4n) is 1.94. The van der Waals surface area contributed by atoms with Gasteiger partial charge in [-0.1, -0.05) is 18.2 Å². The van der Waals surface area contributed by atoms with Crippen LogP contribution in [0, 0.1) is 6.92 Å². The molecule has 0 radical (unpaired) electrons. The second-order valence-corrected chi connectivity index (χ2v) is 5.37. The Labute approximate surface area is 127 Å². The lowest BCUT2D eigenvalue weighted by Crippen LogP contribution is -2.16. The summed E-state index contributed by atoms with van der Waals surface area (Å²) in [7, 11) is 0. The van der Waals surface area contributed by atoms with Gasteiger partial charge in [-0.15, -0.1) is 11.8 Å². The van der Waals surface area contributed by atoms with Crippen LogP contribution in [0.25, 0.3) is 0 Å². The summed E-state index contributed by atoms with van der Waals surface area (Å²) in [6.45, 7) is 1.85. The van der Waals surface area contributed by atoms with E-state index in [4.69, 9.17) is 5.11 Å². The third kappa shape index (κ3) is 3.44. The number of carbonyl (C=O) groups is 2. The molecule has 0 aromatic heterocycles. The van der Waals surface area contributed by atoms with Crippen molar-refractivity contribution in [3.63, 3.8) is 0 Å². The number of hydrogen-bond donors (Lipinski definition) is 2. The van der Waals surface area contributed by atoms with Crippen molar-refractivity contribution < 1.29 is 14.7 Å². The second kappa shape index (κ2) is 6.45. The van der Waals surface area contributed by atoms with Gasteiger partial charge in [-0.2, -0.15) is 0 Å². The molecule has 0 spiro atoms. The average molecular weight is 301 g/mol. The zero-order valence-corrected chi connectivity index (χ0v) is 12.5. The van der Waals surface area contributed by atoms with E-state index in [-0.39, 0.29) is 11.5 Å². The first-order chi connectivity index (χ1) is 10.0. The van der Waals surface area contributed by atoms with Gasteiger partial charge in [0, 0.05) is 10.5 Å². The molecule has 0 fully saturated rings. The maximum absolute atomic E-state index is 12.4. The highest BCUT2D eigenvalue weighted by Crippen LogP contribution is 2.21. The van der Waals surface area contributed by atoms with E-state index in [1.165, 1.54) is 6.07 Å². The molecule has 5 heteroatoms. The standard InChI is InChI=1S/C16H15NO3S/c1-10-7-8-11(21-2)9-13(10)15(18)17-14-6-4-3-5-12(14)16(19)20/h3-9H,1-2H3,(H,17,18)(H,19,20). The molecule has 4 nitrogen and oxygen atoms in total. The maximum Gasteiger partial charge on any atom is 0.337 e. The van der Waals surface area contributed by atoms with Crippen LogP contribution in [0.5, 0.6) is 0 Å². The molecule has 0 atom stereocenters. The third-order valence-corrected chi connectivity index (χ3v) is 3.82. The van der Waals surface area contributed by atoms with Crippen LogP contribution in [0.3, 0.4) is 0 Å². The molecule has 0 aliphatic heterocycles. The normalized spacial score (nSPS) is 10.2. The summed E-state index contributed by atoms with van der Waals surface area (Å²) >= 11 is 1.55. The summed E-state index contributed by atoms with van der Waals surface area (Å²) in [6, 6.07) is 12.0. The van der Waals surface area contributed by atoms with E-state index in [2.05, 4.69) is 5.32 Å². The summed E-state index contributed by atoms with van der Waals surface area (Å²) in [4.78, 5) is 24.5. The monoisotopic (exact) mass is 301 g/mol. The van der Waals surface area contributed by atoms with Crippen molar-refractivity contribution >= 4 is 29.3 Å². The van der Waals surface area contributed by atoms with Gasteiger partial charge >= 0.3 is 5.97 Å². The maximum atomic E-state index is 12.4. The number of hydrogen-bond acceptors (Lipinski definition) is 3. The number of rotatable bonds is 4. The van der Waals surface area contributed by atoms with E-state index in [9.17, 15) is 9.59 Å². The van der Waals surface area contributed by atoms with Crippen molar-refractivity contribution in [2.75, 3.05) is 11.6 Å². The topological polar surface area (TPSA) is 66.4 Å². The molecular formula is C16H15NO3S. The Hall–Kier alpha value is -2.27. The number of carbonyl (C=O) groups excluding carboxylic acids is 1. The molecule has 0 saturated carbocycles. The fraction of sp³-hybridized carbons (Fsp3) is 0.125. The highest BCUT2D eigenvalue weighted by atomic mass is 32.2. The minimum atomic E-state index is -1.07. The van der Waals surface area contributed by atoms with Crippen molar-refractivity contribution in [3.05, 3.63) is 59.2 Å². The summed E-state index contributed by atoms with van der Waals surface area (Å²) in [5, 5.41) is 11.8. The lowest BCUT2D eigenvalue weighted by atomic mass is 10.1. The Morgan fingerprint density at radius 2 is 1.81 bits per heavy atom. The molecule has 0 unspecified atom stereocenters. The summed E-state index contributed by atoms with van der Waals surface area (Å²) < 4.78 is 0. The van der Waals surface area contributed by atoms with E-state index in [1.54, 1.807) is 36.0 Å². The molecular weight excluding hydrogens is 286 g/mol.